The van der Waals surface area contributed by atoms with Gasteiger partial charge in [0, 0.05) is 13.1 Å². The second-order valence-electron chi connectivity index (χ2n) is 4.58. The Morgan fingerprint density at radius 3 is 1.89 bits per heavy atom. The van der Waals surface area contributed by atoms with Gasteiger partial charge in [0.1, 0.15) is 0 Å². The Morgan fingerprint density at radius 1 is 1.11 bits per heavy atom. The van der Waals surface area contributed by atoms with Crippen molar-refractivity contribution in [2.75, 3.05) is 7.05 Å². The first kappa shape index (κ1) is 14.2. The number of carboxylic acids is 2. The highest BCUT2D eigenvalue weighted by atomic mass is 16.4. The van der Waals surface area contributed by atoms with Gasteiger partial charge in [-0.2, -0.15) is 0 Å². The molecule has 1 fully saturated rings. The lowest BCUT2D eigenvalue weighted by Gasteiger charge is -2.36. The van der Waals surface area contributed by atoms with Crippen molar-refractivity contribution in [3.63, 3.8) is 0 Å². The van der Waals surface area contributed by atoms with Gasteiger partial charge in [-0.15, -0.1) is 0 Å². The van der Waals surface area contributed by atoms with Gasteiger partial charge in [-0.25, -0.2) is 0 Å². The topological polar surface area (TPSA) is 94.9 Å². The van der Waals surface area contributed by atoms with Crippen LogP contribution in [0.3, 0.4) is 0 Å². The predicted octanol–water partition coefficient (Wildman–Crippen LogP) is 0.585. The number of rotatable bonds is 4. The minimum Gasteiger partial charge on any atom is -0.481 e. The highest BCUT2D eigenvalue weighted by Crippen LogP contribution is 2.32. The van der Waals surface area contributed by atoms with Crippen LogP contribution < -0.4 is 0 Å². The molecule has 100 valence electrons. The molecule has 6 heteroatoms. The van der Waals surface area contributed by atoms with Crippen LogP contribution >= 0.6 is 0 Å². The molecule has 6 nitrogen and oxygen atoms in total. The highest BCUT2D eigenvalue weighted by Gasteiger charge is 2.38. The first-order valence-corrected chi connectivity index (χ1v) is 5.71. The van der Waals surface area contributed by atoms with E-state index in [4.69, 9.17) is 10.2 Å². The van der Waals surface area contributed by atoms with E-state index in [9.17, 15) is 14.4 Å². The Balaban J connectivity index is 2.84. The van der Waals surface area contributed by atoms with Crippen molar-refractivity contribution < 1.29 is 24.6 Å². The van der Waals surface area contributed by atoms with Crippen LogP contribution in [0.5, 0.6) is 0 Å². The maximum Gasteiger partial charge on any atom is 0.306 e. The van der Waals surface area contributed by atoms with Gasteiger partial charge in [-0.1, -0.05) is 6.58 Å². The highest BCUT2D eigenvalue weighted by molar-refractivity contribution is 5.87. The number of carbonyl (C=O) groups excluding carboxylic acids is 1. The number of hydrogen-bond donors (Lipinski definition) is 2. The van der Waals surface area contributed by atoms with Crippen LogP contribution in [0.4, 0.5) is 0 Å². The monoisotopic (exact) mass is 255 g/mol. The summed E-state index contributed by atoms with van der Waals surface area (Å²) in [5.41, 5.74) is 0. The van der Waals surface area contributed by atoms with E-state index in [1.165, 1.54) is 11.9 Å². The Labute approximate surface area is 105 Å². The van der Waals surface area contributed by atoms with Crippen LogP contribution in [0.2, 0.25) is 0 Å². The van der Waals surface area contributed by atoms with Crippen LogP contribution in [0, 0.1) is 11.8 Å². The van der Waals surface area contributed by atoms with E-state index in [-0.39, 0.29) is 31.2 Å². The minimum atomic E-state index is -1.01. The maximum absolute atomic E-state index is 11.5. The first-order valence-electron chi connectivity index (χ1n) is 5.71. The predicted molar refractivity (Wildman–Crippen MR) is 62.9 cm³/mol. The van der Waals surface area contributed by atoms with Gasteiger partial charge in [0.25, 0.3) is 0 Å². The molecule has 1 aliphatic rings. The van der Waals surface area contributed by atoms with Crippen LogP contribution in [0.1, 0.15) is 19.3 Å². The molecule has 0 saturated heterocycles. The minimum absolute atomic E-state index is 0.122. The molecule has 2 N–H and O–H groups in total. The van der Waals surface area contributed by atoms with Crippen molar-refractivity contribution in [3.05, 3.63) is 12.7 Å². The van der Waals surface area contributed by atoms with E-state index in [1.807, 2.05) is 0 Å². The van der Waals surface area contributed by atoms with Crippen LogP contribution in [-0.4, -0.2) is 46.0 Å². The maximum atomic E-state index is 11.5. The Bertz CT molecular complexity index is 357. The average Bonchev–Trinajstić information content (AvgIpc) is 2.36. The lowest BCUT2D eigenvalue weighted by molar-refractivity contribution is -0.151. The van der Waals surface area contributed by atoms with Gasteiger partial charge in [-0.05, 0) is 25.3 Å². The molecule has 0 aromatic heterocycles. The molecule has 0 radical (unpaired) electrons. The molecule has 1 aliphatic carbocycles. The summed E-state index contributed by atoms with van der Waals surface area (Å²) in [4.78, 5) is 34.9. The number of hydrogen-bond acceptors (Lipinski definition) is 3. The van der Waals surface area contributed by atoms with E-state index < -0.39 is 23.8 Å². The quantitative estimate of drug-likeness (QED) is 0.717. The van der Waals surface area contributed by atoms with E-state index in [1.54, 1.807) is 0 Å². The fourth-order valence-electron chi connectivity index (χ4n) is 2.33. The second kappa shape index (κ2) is 5.66. The molecular weight excluding hydrogens is 238 g/mol. The van der Waals surface area contributed by atoms with Gasteiger partial charge in [0.15, 0.2) is 0 Å². The number of aliphatic carboxylic acids is 2. The first-order chi connectivity index (χ1) is 8.36. The van der Waals surface area contributed by atoms with Crippen LogP contribution in [0.15, 0.2) is 12.7 Å². The zero-order valence-electron chi connectivity index (χ0n) is 10.2. The summed E-state index contributed by atoms with van der Waals surface area (Å²) < 4.78 is 0. The molecule has 0 aromatic rings. The third-order valence-electron chi connectivity index (χ3n) is 3.45. The summed E-state index contributed by atoms with van der Waals surface area (Å²) in [6.45, 7) is 3.36. The van der Waals surface area contributed by atoms with E-state index in [2.05, 4.69) is 6.58 Å². The second-order valence-corrected chi connectivity index (χ2v) is 4.58. The molecule has 0 aromatic carbocycles. The normalized spacial score (nSPS) is 27.3. The van der Waals surface area contributed by atoms with Crippen molar-refractivity contribution in [2.24, 2.45) is 11.8 Å². The van der Waals surface area contributed by atoms with Gasteiger partial charge in [-0.3, -0.25) is 14.4 Å². The summed E-state index contributed by atoms with van der Waals surface area (Å²) in [5, 5.41) is 18.0. The summed E-state index contributed by atoms with van der Waals surface area (Å²) in [5.74, 6) is -3.78. The molecule has 18 heavy (non-hydrogen) atoms. The summed E-state index contributed by atoms with van der Waals surface area (Å²) in [6.07, 6.45) is 1.84. The van der Waals surface area contributed by atoms with Gasteiger partial charge in [0.2, 0.25) is 5.91 Å². The fraction of sp³-hybridized carbons (Fsp3) is 0.583. The van der Waals surface area contributed by atoms with Crippen molar-refractivity contribution in [2.45, 2.75) is 25.3 Å². The SMILES string of the molecule is C=CC(=O)N(C)C1CC(C(=O)O)CC(C(=O)O)C1. The Morgan fingerprint density at radius 2 is 1.56 bits per heavy atom. The summed E-state index contributed by atoms with van der Waals surface area (Å²) >= 11 is 0. The summed E-state index contributed by atoms with van der Waals surface area (Å²) in [7, 11) is 1.54. The Hall–Kier alpha value is -1.85. The zero-order valence-corrected chi connectivity index (χ0v) is 10.2. The van der Waals surface area contributed by atoms with Gasteiger partial charge < -0.3 is 15.1 Å². The van der Waals surface area contributed by atoms with Crippen LogP contribution in [0.25, 0.3) is 0 Å². The van der Waals surface area contributed by atoms with E-state index in [0.717, 1.165) is 6.08 Å². The smallest absolute Gasteiger partial charge is 0.306 e. The molecule has 1 amide bonds. The zero-order chi connectivity index (χ0) is 13.9. The molecule has 0 aliphatic heterocycles. The van der Waals surface area contributed by atoms with Gasteiger partial charge >= 0.3 is 11.9 Å². The molecule has 0 heterocycles. The molecular formula is C12H17NO5. The summed E-state index contributed by atoms with van der Waals surface area (Å²) in [6, 6.07) is -0.369. The molecule has 1 rings (SSSR count). The largest absolute Gasteiger partial charge is 0.481 e. The standard InChI is InChI=1S/C12H17NO5/c1-3-10(14)13(2)9-5-7(11(15)16)4-8(6-9)12(17)18/h3,7-9H,1,4-6H2,2H3,(H,15,16)(H,17,18). The van der Waals surface area contributed by atoms with Crippen LogP contribution in [-0.2, 0) is 14.4 Å². The third-order valence-corrected chi connectivity index (χ3v) is 3.45. The number of carbonyl (C=O) groups is 3. The number of nitrogens with zero attached hydrogens (tertiary/aromatic N) is 1. The third kappa shape index (κ3) is 3.09. The molecule has 1 saturated carbocycles. The van der Waals surface area contributed by atoms with Crippen molar-refractivity contribution in [3.8, 4) is 0 Å². The fourth-order valence-corrected chi connectivity index (χ4v) is 2.33. The van der Waals surface area contributed by atoms with E-state index >= 15 is 0 Å². The lowest BCUT2D eigenvalue weighted by Crippen LogP contribution is -2.44. The number of carboxylic acid groups (broad SMARTS) is 2. The number of likely N-dealkylation sites (N-methyl/N-ethyl adjacent to an activating group) is 1. The van der Waals surface area contributed by atoms with Gasteiger partial charge in [0.05, 0.1) is 11.8 Å². The van der Waals surface area contributed by atoms with Crippen molar-refractivity contribution in [1.29, 1.82) is 0 Å². The average molecular weight is 255 g/mol. The molecule has 2 unspecified atom stereocenters. The molecule has 0 bridgehead atoms. The van der Waals surface area contributed by atoms with Crippen molar-refractivity contribution >= 4 is 17.8 Å². The lowest BCUT2D eigenvalue weighted by atomic mass is 9.78. The molecule has 0 spiro atoms. The molecule has 2 atom stereocenters. The Kier molecular flexibility index (Phi) is 4.47. The van der Waals surface area contributed by atoms with Crippen molar-refractivity contribution in [1.82, 2.24) is 4.90 Å². The van der Waals surface area contributed by atoms with E-state index in [0.29, 0.717) is 0 Å². The number of amides is 1.